The van der Waals surface area contributed by atoms with Crippen molar-refractivity contribution in [2.24, 2.45) is 0 Å². The number of methoxy groups -OCH3 is 1. The monoisotopic (exact) mass is 385 g/mol. The number of hydrogen-bond acceptors (Lipinski definition) is 5. The number of para-hydroxylation sites is 2. The molecule has 0 aromatic heterocycles. The number of rotatable bonds is 8. The minimum Gasteiger partial charge on any atom is -0.493 e. The molecule has 1 aliphatic rings. The van der Waals surface area contributed by atoms with E-state index in [4.69, 9.17) is 18.9 Å². The summed E-state index contributed by atoms with van der Waals surface area (Å²) in [5.41, 5.74) is 0.503. The topological polar surface area (TPSA) is 66.0 Å². The van der Waals surface area contributed by atoms with Gasteiger partial charge in [-0.05, 0) is 43.7 Å². The van der Waals surface area contributed by atoms with E-state index in [1.807, 2.05) is 31.2 Å². The van der Waals surface area contributed by atoms with Crippen molar-refractivity contribution in [2.45, 2.75) is 38.8 Å². The first-order valence-electron chi connectivity index (χ1n) is 9.62. The molecule has 1 heterocycles. The third-order valence-corrected chi connectivity index (χ3v) is 4.63. The first-order chi connectivity index (χ1) is 13.6. The fraction of sp³-hybridized carbons (Fsp3) is 0.409. The fourth-order valence-electron chi connectivity index (χ4n) is 2.92. The Morgan fingerprint density at radius 1 is 1.21 bits per heavy atom. The Hall–Kier alpha value is -2.89. The lowest BCUT2D eigenvalue weighted by Gasteiger charge is -2.30. The zero-order valence-corrected chi connectivity index (χ0v) is 16.6. The van der Waals surface area contributed by atoms with E-state index in [2.05, 4.69) is 12.2 Å². The van der Waals surface area contributed by atoms with E-state index in [-0.39, 0.29) is 18.1 Å². The van der Waals surface area contributed by atoms with Crippen molar-refractivity contribution in [2.75, 3.05) is 20.3 Å². The van der Waals surface area contributed by atoms with Crippen LogP contribution in [-0.4, -0.2) is 38.4 Å². The number of ether oxygens (including phenoxy) is 4. The maximum Gasteiger partial charge on any atom is 0.251 e. The normalized spacial score (nSPS) is 16.2. The summed E-state index contributed by atoms with van der Waals surface area (Å²) in [6, 6.07) is 12.5. The molecule has 6 nitrogen and oxygen atoms in total. The molecule has 1 aliphatic heterocycles. The highest BCUT2D eigenvalue weighted by molar-refractivity contribution is 5.95. The van der Waals surface area contributed by atoms with Crippen molar-refractivity contribution < 1.29 is 23.7 Å². The van der Waals surface area contributed by atoms with Crippen LogP contribution in [0, 0.1) is 0 Å². The quantitative estimate of drug-likeness (QED) is 0.700. The third kappa shape index (κ3) is 4.68. The molecule has 3 rings (SSSR count). The molecule has 1 amide bonds. The van der Waals surface area contributed by atoms with Gasteiger partial charge in [-0.1, -0.05) is 25.5 Å². The lowest BCUT2D eigenvalue weighted by atomic mass is 10.1. The van der Waals surface area contributed by atoms with Crippen molar-refractivity contribution in [3.8, 4) is 23.0 Å². The third-order valence-electron chi connectivity index (χ3n) is 4.63. The molecule has 2 aromatic rings. The van der Waals surface area contributed by atoms with Gasteiger partial charge in [0.15, 0.2) is 29.1 Å². The van der Waals surface area contributed by atoms with Gasteiger partial charge in [-0.3, -0.25) is 4.79 Å². The molecular formula is C22H27NO5. The lowest BCUT2D eigenvalue weighted by molar-refractivity contribution is 0.0606. The number of fused-ring (bicyclic) bond motifs is 1. The Bertz CT molecular complexity index is 807. The van der Waals surface area contributed by atoms with Crippen molar-refractivity contribution in [1.82, 2.24) is 5.32 Å². The van der Waals surface area contributed by atoms with E-state index in [9.17, 15) is 4.79 Å². The fourth-order valence-corrected chi connectivity index (χ4v) is 2.92. The van der Waals surface area contributed by atoms with Gasteiger partial charge in [-0.15, -0.1) is 0 Å². The van der Waals surface area contributed by atoms with Gasteiger partial charge in [-0.2, -0.15) is 0 Å². The Morgan fingerprint density at radius 3 is 2.75 bits per heavy atom. The molecule has 150 valence electrons. The van der Waals surface area contributed by atoms with Crippen LogP contribution >= 0.6 is 0 Å². The molecule has 1 N–H and O–H groups in total. The van der Waals surface area contributed by atoms with Crippen LogP contribution in [0.15, 0.2) is 42.5 Å². The molecule has 0 saturated carbocycles. The van der Waals surface area contributed by atoms with E-state index < -0.39 is 0 Å². The summed E-state index contributed by atoms with van der Waals surface area (Å²) in [5, 5.41) is 2.98. The second-order valence-electron chi connectivity index (χ2n) is 6.74. The number of carbonyl (C=O) groups excluding carboxylic acids is 1. The average Bonchev–Trinajstić information content (AvgIpc) is 2.73. The number of hydrogen-bond donors (Lipinski definition) is 1. The second-order valence-corrected chi connectivity index (χ2v) is 6.74. The molecule has 28 heavy (non-hydrogen) atoms. The summed E-state index contributed by atoms with van der Waals surface area (Å²) in [6.07, 6.45) is 1.76. The highest BCUT2D eigenvalue weighted by Gasteiger charge is 2.27. The van der Waals surface area contributed by atoms with Crippen molar-refractivity contribution >= 4 is 5.91 Å². The molecule has 2 aromatic carbocycles. The van der Waals surface area contributed by atoms with Crippen LogP contribution in [0.4, 0.5) is 0 Å². The largest absolute Gasteiger partial charge is 0.493 e. The highest BCUT2D eigenvalue weighted by atomic mass is 16.6. The molecule has 0 radical (unpaired) electrons. The average molecular weight is 385 g/mol. The van der Waals surface area contributed by atoms with E-state index >= 15 is 0 Å². The molecule has 0 bridgehead atoms. The smallest absolute Gasteiger partial charge is 0.251 e. The van der Waals surface area contributed by atoms with E-state index in [1.165, 1.54) is 0 Å². The van der Waals surface area contributed by atoms with Crippen molar-refractivity contribution in [3.63, 3.8) is 0 Å². The maximum absolute atomic E-state index is 12.7. The Balaban J connectivity index is 1.62. The molecule has 0 fully saturated rings. The molecular weight excluding hydrogens is 358 g/mol. The summed E-state index contributed by atoms with van der Waals surface area (Å²) < 4.78 is 22.8. The second kappa shape index (κ2) is 9.35. The predicted molar refractivity (Wildman–Crippen MR) is 107 cm³/mol. The van der Waals surface area contributed by atoms with Crippen LogP contribution in [0.3, 0.4) is 0 Å². The molecule has 2 unspecified atom stereocenters. The van der Waals surface area contributed by atoms with Crippen LogP contribution in [0.25, 0.3) is 0 Å². The number of benzene rings is 2. The standard InChI is InChI=1S/C22H27NO5/c1-4-5-12-26-18-11-10-16(13-20(18)25-3)22(24)23-15(2)21-14-27-17-8-6-7-9-19(17)28-21/h6-11,13,15,21H,4-5,12,14H2,1-3H3,(H,23,24). The minimum absolute atomic E-state index is 0.201. The summed E-state index contributed by atoms with van der Waals surface area (Å²) >= 11 is 0. The Kier molecular flexibility index (Phi) is 6.63. The van der Waals surface area contributed by atoms with Gasteiger partial charge < -0.3 is 24.3 Å². The van der Waals surface area contributed by atoms with Crippen LogP contribution in [-0.2, 0) is 0 Å². The number of carbonyl (C=O) groups is 1. The summed E-state index contributed by atoms with van der Waals surface area (Å²) in [7, 11) is 1.57. The van der Waals surface area contributed by atoms with Crippen LogP contribution in [0.5, 0.6) is 23.0 Å². The van der Waals surface area contributed by atoms with Crippen LogP contribution in [0.1, 0.15) is 37.0 Å². The van der Waals surface area contributed by atoms with Gasteiger partial charge in [0, 0.05) is 5.56 Å². The molecule has 6 heteroatoms. The predicted octanol–water partition coefficient (Wildman–Crippen LogP) is 3.83. The first kappa shape index (κ1) is 19.9. The summed E-state index contributed by atoms with van der Waals surface area (Å²) in [6.45, 7) is 5.01. The van der Waals surface area contributed by atoms with Gasteiger partial charge >= 0.3 is 0 Å². The summed E-state index contributed by atoms with van der Waals surface area (Å²) in [4.78, 5) is 12.7. The SMILES string of the molecule is CCCCOc1ccc(C(=O)NC(C)C2COc3ccccc3O2)cc1OC. The van der Waals surface area contributed by atoms with Crippen molar-refractivity contribution in [3.05, 3.63) is 48.0 Å². The first-order valence-corrected chi connectivity index (χ1v) is 9.62. The van der Waals surface area contributed by atoms with E-state index in [1.54, 1.807) is 25.3 Å². The number of amides is 1. The molecule has 0 saturated heterocycles. The highest BCUT2D eigenvalue weighted by Crippen LogP contribution is 2.32. The zero-order chi connectivity index (χ0) is 19.9. The van der Waals surface area contributed by atoms with E-state index in [0.717, 1.165) is 18.6 Å². The molecule has 0 spiro atoms. The lowest BCUT2D eigenvalue weighted by Crippen LogP contribution is -2.48. The number of nitrogens with one attached hydrogen (secondary N) is 1. The number of unbranched alkanes of at least 4 members (excludes halogenated alkanes) is 1. The van der Waals surface area contributed by atoms with Crippen molar-refractivity contribution in [1.29, 1.82) is 0 Å². The van der Waals surface area contributed by atoms with Gasteiger partial charge in [-0.25, -0.2) is 0 Å². The Labute approximate surface area is 165 Å². The zero-order valence-electron chi connectivity index (χ0n) is 16.6. The van der Waals surface area contributed by atoms with Crippen LogP contribution < -0.4 is 24.3 Å². The minimum atomic E-state index is -0.266. The van der Waals surface area contributed by atoms with E-state index in [0.29, 0.717) is 36.0 Å². The maximum atomic E-state index is 12.7. The van der Waals surface area contributed by atoms with Crippen LogP contribution in [0.2, 0.25) is 0 Å². The van der Waals surface area contributed by atoms with Gasteiger partial charge in [0.25, 0.3) is 5.91 Å². The van der Waals surface area contributed by atoms with Gasteiger partial charge in [0.1, 0.15) is 6.61 Å². The summed E-state index contributed by atoms with van der Waals surface area (Å²) in [5.74, 6) is 2.40. The Morgan fingerprint density at radius 2 is 2.00 bits per heavy atom. The molecule has 2 atom stereocenters. The molecule has 0 aliphatic carbocycles. The van der Waals surface area contributed by atoms with Gasteiger partial charge in [0.2, 0.25) is 0 Å². The van der Waals surface area contributed by atoms with Gasteiger partial charge in [0.05, 0.1) is 19.8 Å².